The van der Waals surface area contributed by atoms with Gasteiger partial charge in [-0.15, -0.1) is 0 Å². The highest BCUT2D eigenvalue weighted by atomic mass is 16.5. The highest BCUT2D eigenvalue weighted by Gasteiger charge is 2.42. The van der Waals surface area contributed by atoms with E-state index in [-0.39, 0.29) is 11.6 Å². The van der Waals surface area contributed by atoms with Gasteiger partial charge in [-0.1, -0.05) is 0 Å². The second-order valence-electron chi connectivity index (χ2n) is 4.84. The van der Waals surface area contributed by atoms with Crippen LogP contribution in [0.2, 0.25) is 0 Å². The Labute approximate surface area is 114 Å². The summed E-state index contributed by atoms with van der Waals surface area (Å²) in [5.41, 5.74) is 7.58. The van der Waals surface area contributed by atoms with Gasteiger partial charge in [-0.25, -0.2) is 0 Å². The molecule has 0 amide bonds. The van der Waals surface area contributed by atoms with E-state index in [9.17, 15) is 0 Å². The molecule has 0 aromatic carbocycles. The van der Waals surface area contributed by atoms with Crippen LogP contribution in [-0.2, 0) is 9.47 Å². The number of anilines is 1. The fourth-order valence-electron chi connectivity index (χ4n) is 2.88. The Morgan fingerprint density at radius 3 is 2.84 bits per heavy atom. The predicted octanol–water partition coefficient (Wildman–Crippen LogP) is 1.51. The van der Waals surface area contributed by atoms with Crippen LogP contribution < -0.4 is 11.1 Å². The van der Waals surface area contributed by atoms with Crippen molar-refractivity contribution in [2.24, 2.45) is 0 Å². The van der Waals surface area contributed by atoms with Crippen LogP contribution in [0.5, 0.6) is 0 Å². The van der Waals surface area contributed by atoms with Gasteiger partial charge >= 0.3 is 0 Å². The first-order chi connectivity index (χ1) is 9.23. The summed E-state index contributed by atoms with van der Waals surface area (Å²) in [7, 11) is 1.94. The Bertz CT molecular complexity index is 400. The standard InChI is InChI=1S/C14H23N3O2/c1-3-19-14(5-8-18-9-6-14)13(16-2)11-10-17-7-4-12(11)15/h4,7,10,13,16H,3,5-6,8-9H2,1-2H3,(H2,15,17). The monoisotopic (exact) mass is 265 g/mol. The molecule has 1 aromatic heterocycles. The number of hydrogen-bond donors (Lipinski definition) is 2. The molecule has 1 saturated heterocycles. The molecule has 0 bridgehead atoms. The van der Waals surface area contributed by atoms with Crippen molar-refractivity contribution in [1.82, 2.24) is 10.3 Å². The number of likely N-dealkylation sites (N-methyl/N-ethyl adjacent to an activating group) is 1. The zero-order valence-corrected chi connectivity index (χ0v) is 11.7. The normalized spacial score (nSPS) is 20.1. The number of pyridine rings is 1. The highest BCUT2D eigenvalue weighted by Crippen LogP contribution is 2.39. The van der Waals surface area contributed by atoms with Crippen LogP contribution in [0.4, 0.5) is 5.69 Å². The first-order valence-corrected chi connectivity index (χ1v) is 6.82. The highest BCUT2D eigenvalue weighted by molar-refractivity contribution is 5.47. The molecule has 1 aliphatic heterocycles. The number of nitrogens with two attached hydrogens (primary N) is 1. The molecule has 1 aliphatic rings. The van der Waals surface area contributed by atoms with Gasteiger partial charge in [-0.3, -0.25) is 4.98 Å². The van der Waals surface area contributed by atoms with E-state index >= 15 is 0 Å². The van der Waals surface area contributed by atoms with Crippen LogP contribution in [0.25, 0.3) is 0 Å². The van der Waals surface area contributed by atoms with Gasteiger partial charge in [0.2, 0.25) is 0 Å². The van der Waals surface area contributed by atoms with Crippen LogP contribution in [0.1, 0.15) is 31.4 Å². The maximum Gasteiger partial charge on any atom is 0.0921 e. The Kier molecular flexibility index (Phi) is 4.74. The van der Waals surface area contributed by atoms with Crippen LogP contribution >= 0.6 is 0 Å². The minimum atomic E-state index is -0.265. The van der Waals surface area contributed by atoms with Crippen molar-refractivity contribution in [3.8, 4) is 0 Å². The Hall–Kier alpha value is -1.17. The van der Waals surface area contributed by atoms with Gasteiger partial charge < -0.3 is 20.5 Å². The lowest BCUT2D eigenvalue weighted by Crippen LogP contribution is -2.49. The third kappa shape index (κ3) is 2.88. The maximum atomic E-state index is 6.11. The Morgan fingerprint density at radius 2 is 2.26 bits per heavy atom. The second kappa shape index (κ2) is 6.32. The van der Waals surface area contributed by atoms with Crippen molar-refractivity contribution in [3.05, 3.63) is 24.0 Å². The molecule has 3 N–H and O–H groups in total. The maximum absolute atomic E-state index is 6.11. The molecule has 1 aromatic rings. The van der Waals surface area contributed by atoms with Crippen LogP contribution in [0, 0.1) is 0 Å². The fourth-order valence-corrected chi connectivity index (χ4v) is 2.88. The minimum Gasteiger partial charge on any atom is -0.398 e. The van der Waals surface area contributed by atoms with E-state index in [4.69, 9.17) is 15.2 Å². The molecule has 1 unspecified atom stereocenters. The van der Waals surface area contributed by atoms with Crippen molar-refractivity contribution in [2.75, 3.05) is 32.6 Å². The molecule has 1 fully saturated rings. The quantitative estimate of drug-likeness (QED) is 0.844. The van der Waals surface area contributed by atoms with Gasteiger partial charge in [0.25, 0.3) is 0 Å². The minimum absolute atomic E-state index is 0.0325. The summed E-state index contributed by atoms with van der Waals surface area (Å²) in [6.07, 6.45) is 5.26. The van der Waals surface area contributed by atoms with E-state index in [1.807, 2.05) is 26.2 Å². The van der Waals surface area contributed by atoms with E-state index in [1.54, 1.807) is 6.20 Å². The van der Waals surface area contributed by atoms with Gasteiger partial charge in [0, 0.05) is 56.3 Å². The van der Waals surface area contributed by atoms with Crippen molar-refractivity contribution in [1.29, 1.82) is 0 Å². The molecule has 106 valence electrons. The average molecular weight is 265 g/mol. The molecule has 19 heavy (non-hydrogen) atoms. The van der Waals surface area contributed by atoms with Crippen molar-refractivity contribution in [3.63, 3.8) is 0 Å². The molecule has 0 spiro atoms. The fraction of sp³-hybridized carbons (Fsp3) is 0.643. The van der Waals surface area contributed by atoms with Gasteiger partial charge in [-0.05, 0) is 20.0 Å². The van der Waals surface area contributed by atoms with Crippen LogP contribution in [-0.4, -0.2) is 37.5 Å². The number of rotatable bonds is 5. The summed E-state index contributed by atoms with van der Waals surface area (Å²) in [4.78, 5) is 4.19. The summed E-state index contributed by atoms with van der Waals surface area (Å²) in [6.45, 7) is 4.14. The van der Waals surface area contributed by atoms with E-state index in [2.05, 4.69) is 10.3 Å². The largest absolute Gasteiger partial charge is 0.398 e. The van der Waals surface area contributed by atoms with Gasteiger partial charge in [0.1, 0.15) is 0 Å². The van der Waals surface area contributed by atoms with Crippen molar-refractivity contribution < 1.29 is 9.47 Å². The summed E-state index contributed by atoms with van der Waals surface area (Å²) >= 11 is 0. The molecule has 5 nitrogen and oxygen atoms in total. The van der Waals surface area contributed by atoms with Gasteiger partial charge in [0.15, 0.2) is 0 Å². The molecule has 0 saturated carbocycles. The molecule has 1 atom stereocenters. The Morgan fingerprint density at radius 1 is 1.53 bits per heavy atom. The third-order valence-electron chi connectivity index (χ3n) is 3.78. The Balaban J connectivity index is 2.34. The van der Waals surface area contributed by atoms with Crippen LogP contribution in [0.15, 0.2) is 18.5 Å². The van der Waals surface area contributed by atoms with E-state index in [0.717, 1.165) is 37.3 Å². The first-order valence-electron chi connectivity index (χ1n) is 6.82. The molecule has 5 heteroatoms. The number of hydrogen-bond acceptors (Lipinski definition) is 5. The van der Waals surface area contributed by atoms with E-state index in [0.29, 0.717) is 6.61 Å². The summed E-state index contributed by atoms with van der Waals surface area (Å²) < 4.78 is 11.6. The lowest BCUT2D eigenvalue weighted by molar-refractivity contribution is -0.126. The SMILES string of the molecule is CCOC1(C(NC)c2cnccc2N)CCOCC1. The number of nitrogen functional groups attached to an aromatic ring is 1. The zero-order chi connectivity index (χ0) is 13.7. The third-order valence-corrected chi connectivity index (χ3v) is 3.78. The second-order valence-corrected chi connectivity index (χ2v) is 4.84. The van der Waals surface area contributed by atoms with E-state index < -0.39 is 0 Å². The number of nitrogens with zero attached hydrogens (tertiary/aromatic N) is 1. The predicted molar refractivity (Wildman–Crippen MR) is 74.9 cm³/mol. The van der Waals surface area contributed by atoms with E-state index in [1.165, 1.54) is 0 Å². The lowest BCUT2D eigenvalue weighted by Gasteiger charge is -2.43. The first kappa shape index (κ1) is 14.2. The number of nitrogens with one attached hydrogen (secondary N) is 1. The summed E-state index contributed by atoms with van der Waals surface area (Å²) in [5, 5.41) is 3.35. The molecular weight excluding hydrogens is 242 g/mol. The molecular formula is C14H23N3O2. The van der Waals surface area contributed by atoms with Gasteiger partial charge in [0.05, 0.1) is 11.6 Å². The summed E-state index contributed by atoms with van der Waals surface area (Å²) in [5.74, 6) is 0. The zero-order valence-electron chi connectivity index (χ0n) is 11.7. The van der Waals surface area contributed by atoms with Crippen molar-refractivity contribution >= 4 is 5.69 Å². The van der Waals surface area contributed by atoms with Crippen LogP contribution in [0.3, 0.4) is 0 Å². The molecule has 2 heterocycles. The lowest BCUT2D eigenvalue weighted by atomic mass is 9.82. The average Bonchev–Trinajstić information content (AvgIpc) is 2.43. The molecule has 2 rings (SSSR count). The molecule has 0 radical (unpaired) electrons. The molecule has 0 aliphatic carbocycles. The number of aromatic nitrogens is 1. The van der Waals surface area contributed by atoms with Gasteiger partial charge in [-0.2, -0.15) is 0 Å². The van der Waals surface area contributed by atoms with Crippen molar-refractivity contribution in [2.45, 2.75) is 31.4 Å². The smallest absolute Gasteiger partial charge is 0.0921 e. The number of ether oxygens (including phenoxy) is 2. The summed E-state index contributed by atoms with van der Waals surface area (Å²) in [6, 6.07) is 1.86. The topological polar surface area (TPSA) is 69.4 Å².